The second-order valence-electron chi connectivity index (χ2n) is 4.05. The van der Waals surface area contributed by atoms with Gasteiger partial charge in [-0.2, -0.15) is 0 Å². The zero-order chi connectivity index (χ0) is 8.48. The maximum absolute atomic E-state index is 4.04. The van der Waals surface area contributed by atoms with Gasteiger partial charge in [0.05, 0.1) is 0 Å². The maximum Gasteiger partial charge on any atom is -0.0228 e. The SMILES string of the molecule is C=C1CCC(C)(CC)CC1=C. The van der Waals surface area contributed by atoms with Crippen LogP contribution in [0, 0.1) is 5.41 Å². The Bertz CT molecular complexity index is 188. The summed E-state index contributed by atoms with van der Waals surface area (Å²) < 4.78 is 0. The van der Waals surface area contributed by atoms with Gasteiger partial charge in [-0.25, -0.2) is 0 Å². The third kappa shape index (κ3) is 1.74. The van der Waals surface area contributed by atoms with E-state index in [0.29, 0.717) is 5.41 Å². The molecule has 0 nitrogen and oxygen atoms in total. The van der Waals surface area contributed by atoms with Gasteiger partial charge in [0.15, 0.2) is 0 Å². The zero-order valence-electron chi connectivity index (χ0n) is 7.74. The van der Waals surface area contributed by atoms with Gasteiger partial charge in [-0.15, -0.1) is 0 Å². The lowest BCUT2D eigenvalue weighted by molar-refractivity contribution is 0.267. The molecular weight excluding hydrogens is 132 g/mol. The van der Waals surface area contributed by atoms with Gasteiger partial charge in [-0.1, -0.05) is 44.6 Å². The number of allylic oxidation sites excluding steroid dienone is 2. The molecule has 0 aliphatic heterocycles. The Morgan fingerprint density at radius 3 is 2.45 bits per heavy atom. The molecule has 1 unspecified atom stereocenters. The maximum atomic E-state index is 4.04. The van der Waals surface area contributed by atoms with Gasteiger partial charge >= 0.3 is 0 Å². The van der Waals surface area contributed by atoms with Crippen molar-refractivity contribution in [2.45, 2.75) is 39.5 Å². The predicted octanol–water partition coefficient (Wildman–Crippen LogP) is 3.70. The molecule has 0 saturated heterocycles. The van der Waals surface area contributed by atoms with Gasteiger partial charge in [-0.05, 0) is 24.7 Å². The van der Waals surface area contributed by atoms with Gasteiger partial charge in [0.25, 0.3) is 0 Å². The minimum absolute atomic E-state index is 0.512. The highest BCUT2D eigenvalue weighted by molar-refractivity contribution is 5.29. The lowest BCUT2D eigenvalue weighted by atomic mass is 9.71. The van der Waals surface area contributed by atoms with E-state index in [0.717, 1.165) is 12.8 Å². The summed E-state index contributed by atoms with van der Waals surface area (Å²) >= 11 is 0. The molecule has 0 amide bonds. The molecule has 1 atom stereocenters. The minimum atomic E-state index is 0.512. The molecule has 0 aromatic rings. The molecule has 1 aliphatic rings. The Hall–Kier alpha value is -0.520. The molecular formula is C11H18. The van der Waals surface area contributed by atoms with Crippen LogP contribution in [-0.2, 0) is 0 Å². The standard InChI is InChI=1S/C11H18/c1-5-11(4)7-6-9(2)10(3)8-11/h2-3,5-8H2,1,4H3. The first-order chi connectivity index (χ1) is 5.07. The third-order valence-corrected chi connectivity index (χ3v) is 3.02. The smallest absolute Gasteiger partial charge is 0.0228 e. The van der Waals surface area contributed by atoms with Crippen LogP contribution in [0.5, 0.6) is 0 Å². The van der Waals surface area contributed by atoms with Gasteiger partial charge in [0.1, 0.15) is 0 Å². The molecule has 62 valence electrons. The molecule has 0 heteroatoms. The van der Waals surface area contributed by atoms with Crippen LogP contribution in [0.1, 0.15) is 39.5 Å². The van der Waals surface area contributed by atoms with Crippen LogP contribution in [0.2, 0.25) is 0 Å². The topological polar surface area (TPSA) is 0 Å². The van der Waals surface area contributed by atoms with Crippen molar-refractivity contribution in [3.05, 3.63) is 24.3 Å². The van der Waals surface area contributed by atoms with Crippen LogP contribution in [0.15, 0.2) is 24.3 Å². The second kappa shape index (κ2) is 2.84. The molecule has 0 heterocycles. The van der Waals surface area contributed by atoms with Crippen molar-refractivity contribution in [1.82, 2.24) is 0 Å². The van der Waals surface area contributed by atoms with Gasteiger partial charge in [0, 0.05) is 0 Å². The second-order valence-corrected chi connectivity index (χ2v) is 4.05. The summed E-state index contributed by atoms with van der Waals surface area (Å²) in [7, 11) is 0. The summed E-state index contributed by atoms with van der Waals surface area (Å²) in [6, 6.07) is 0. The molecule has 1 aliphatic carbocycles. The van der Waals surface area contributed by atoms with E-state index in [-0.39, 0.29) is 0 Å². The van der Waals surface area contributed by atoms with Crippen molar-refractivity contribution in [1.29, 1.82) is 0 Å². The van der Waals surface area contributed by atoms with E-state index < -0.39 is 0 Å². The fraction of sp³-hybridized carbons (Fsp3) is 0.636. The quantitative estimate of drug-likeness (QED) is 0.534. The van der Waals surface area contributed by atoms with Crippen LogP contribution in [0.4, 0.5) is 0 Å². The van der Waals surface area contributed by atoms with Crippen molar-refractivity contribution in [2.24, 2.45) is 5.41 Å². The molecule has 0 N–H and O–H groups in total. The fourth-order valence-corrected chi connectivity index (χ4v) is 1.66. The Morgan fingerprint density at radius 2 is 2.00 bits per heavy atom. The van der Waals surface area contributed by atoms with E-state index in [9.17, 15) is 0 Å². The van der Waals surface area contributed by atoms with E-state index in [2.05, 4.69) is 27.0 Å². The molecule has 0 radical (unpaired) electrons. The number of hydrogen-bond acceptors (Lipinski definition) is 0. The Balaban J connectivity index is 2.66. The highest BCUT2D eigenvalue weighted by Gasteiger charge is 2.27. The monoisotopic (exact) mass is 150 g/mol. The highest BCUT2D eigenvalue weighted by Crippen LogP contribution is 2.42. The molecule has 1 saturated carbocycles. The van der Waals surface area contributed by atoms with E-state index in [1.807, 2.05) is 0 Å². The van der Waals surface area contributed by atoms with Crippen molar-refractivity contribution in [3.8, 4) is 0 Å². The van der Waals surface area contributed by atoms with Gasteiger partial charge in [0.2, 0.25) is 0 Å². The molecule has 1 fully saturated rings. The van der Waals surface area contributed by atoms with Crippen LogP contribution >= 0.6 is 0 Å². The summed E-state index contributed by atoms with van der Waals surface area (Å²) in [6.45, 7) is 12.7. The van der Waals surface area contributed by atoms with Crippen LogP contribution in [0.3, 0.4) is 0 Å². The summed E-state index contributed by atoms with van der Waals surface area (Å²) in [5.74, 6) is 0. The lowest BCUT2D eigenvalue weighted by Gasteiger charge is -2.34. The minimum Gasteiger partial charge on any atom is -0.0956 e. The van der Waals surface area contributed by atoms with Gasteiger partial charge < -0.3 is 0 Å². The molecule has 1 rings (SSSR count). The number of hydrogen-bond donors (Lipinski definition) is 0. The van der Waals surface area contributed by atoms with Crippen molar-refractivity contribution < 1.29 is 0 Å². The number of rotatable bonds is 1. The largest absolute Gasteiger partial charge is 0.0956 e. The average Bonchev–Trinajstić information content (AvgIpc) is 1.98. The molecule has 0 spiro atoms. The van der Waals surface area contributed by atoms with E-state index in [4.69, 9.17) is 0 Å². The Morgan fingerprint density at radius 1 is 1.36 bits per heavy atom. The van der Waals surface area contributed by atoms with Gasteiger partial charge in [-0.3, -0.25) is 0 Å². The molecule has 11 heavy (non-hydrogen) atoms. The Labute approximate surface area is 70.0 Å². The molecule has 0 aromatic heterocycles. The van der Waals surface area contributed by atoms with E-state index in [1.54, 1.807) is 0 Å². The summed E-state index contributed by atoms with van der Waals surface area (Å²) in [5.41, 5.74) is 3.06. The van der Waals surface area contributed by atoms with Crippen LogP contribution in [-0.4, -0.2) is 0 Å². The van der Waals surface area contributed by atoms with Crippen molar-refractivity contribution in [3.63, 3.8) is 0 Å². The van der Waals surface area contributed by atoms with E-state index >= 15 is 0 Å². The van der Waals surface area contributed by atoms with Crippen molar-refractivity contribution >= 4 is 0 Å². The summed E-state index contributed by atoms with van der Waals surface area (Å²) in [5, 5.41) is 0. The summed E-state index contributed by atoms with van der Waals surface area (Å²) in [4.78, 5) is 0. The molecule has 0 bridgehead atoms. The highest BCUT2D eigenvalue weighted by atomic mass is 14.3. The first kappa shape index (κ1) is 8.58. The summed E-state index contributed by atoms with van der Waals surface area (Å²) in [6.07, 6.45) is 4.87. The van der Waals surface area contributed by atoms with E-state index in [1.165, 1.54) is 24.0 Å². The van der Waals surface area contributed by atoms with Crippen LogP contribution in [0.25, 0.3) is 0 Å². The van der Waals surface area contributed by atoms with Crippen LogP contribution < -0.4 is 0 Å². The Kier molecular flexibility index (Phi) is 2.22. The normalized spacial score (nSPS) is 32.5. The first-order valence-corrected chi connectivity index (χ1v) is 4.43. The average molecular weight is 150 g/mol. The third-order valence-electron chi connectivity index (χ3n) is 3.02. The molecule has 0 aromatic carbocycles. The lowest BCUT2D eigenvalue weighted by Crippen LogP contribution is -2.20. The van der Waals surface area contributed by atoms with Crippen molar-refractivity contribution in [2.75, 3.05) is 0 Å². The first-order valence-electron chi connectivity index (χ1n) is 4.43. The fourth-order valence-electron chi connectivity index (χ4n) is 1.66. The predicted molar refractivity (Wildman–Crippen MR) is 50.5 cm³/mol. The zero-order valence-corrected chi connectivity index (χ0v) is 7.74.